The predicted molar refractivity (Wildman–Crippen MR) is 123 cm³/mol. The Bertz CT molecular complexity index is 820. The normalized spacial score (nSPS) is 19.3. The summed E-state index contributed by atoms with van der Waals surface area (Å²) in [6.45, 7) is 12.4. The number of rotatable bonds is 6. The van der Waals surface area contributed by atoms with Gasteiger partial charge in [-0.1, -0.05) is 31.2 Å². The molecule has 0 atom stereocenters. The summed E-state index contributed by atoms with van der Waals surface area (Å²) >= 11 is 1.63. The number of piperazine rings is 2. The molecule has 7 heteroatoms. The molecule has 0 bridgehead atoms. The van der Waals surface area contributed by atoms with E-state index in [4.69, 9.17) is 4.98 Å². The van der Waals surface area contributed by atoms with Crippen LogP contribution in [0.5, 0.6) is 0 Å². The Hall–Kier alpha value is -1.80. The highest BCUT2D eigenvalue weighted by molar-refractivity contribution is 7.13. The van der Waals surface area contributed by atoms with Gasteiger partial charge in [-0.2, -0.15) is 0 Å². The van der Waals surface area contributed by atoms with Crippen molar-refractivity contribution in [3.8, 4) is 10.6 Å². The summed E-state index contributed by atoms with van der Waals surface area (Å²) in [6.07, 6.45) is 0.407. The number of carbonyl (C=O) groups is 1. The number of hydrogen-bond donors (Lipinski definition) is 0. The van der Waals surface area contributed by atoms with Gasteiger partial charge in [0.25, 0.3) is 0 Å². The number of benzene rings is 1. The molecule has 6 nitrogen and oxygen atoms in total. The van der Waals surface area contributed by atoms with Crippen LogP contribution in [0.3, 0.4) is 0 Å². The van der Waals surface area contributed by atoms with Crippen LogP contribution in [0.15, 0.2) is 29.6 Å². The van der Waals surface area contributed by atoms with Crippen LogP contribution in [0.25, 0.3) is 10.6 Å². The topological polar surface area (TPSA) is 42.9 Å². The van der Waals surface area contributed by atoms with Crippen LogP contribution in [0.4, 0.5) is 0 Å². The van der Waals surface area contributed by atoms with Crippen molar-refractivity contribution in [2.45, 2.75) is 19.9 Å². The van der Waals surface area contributed by atoms with E-state index in [1.54, 1.807) is 11.3 Å². The quantitative estimate of drug-likeness (QED) is 0.708. The highest BCUT2D eigenvalue weighted by atomic mass is 32.1. The van der Waals surface area contributed by atoms with E-state index in [-0.39, 0.29) is 5.91 Å². The molecule has 1 amide bonds. The summed E-state index contributed by atoms with van der Waals surface area (Å²) in [5.41, 5.74) is 3.37. The van der Waals surface area contributed by atoms with Crippen molar-refractivity contribution in [2.24, 2.45) is 0 Å². The Morgan fingerprint density at radius 1 is 0.967 bits per heavy atom. The highest BCUT2D eigenvalue weighted by Gasteiger charge is 2.21. The molecule has 0 N–H and O–H groups in total. The molecule has 2 aliphatic rings. The molecule has 3 heterocycles. The van der Waals surface area contributed by atoms with Crippen LogP contribution in [0.1, 0.15) is 18.2 Å². The van der Waals surface area contributed by atoms with E-state index in [2.05, 4.69) is 52.9 Å². The first-order valence-electron chi connectivity index (χ1n) is 11.1. The number of aromatic nitrogens is 1. The van der Waals surface area contributed by atoms with Crippen LogP contribution in [-0.2, 0) is 17.8 Å². The van der Waals surface area contributed by atoms with Gasteiger partial charge in [-0.15, -0.1) is 11.3 Å². The van der Waals surface area contributed by atoms with Crippen molar-refractivity contribution in [3.63, 3.8) is 0 Å². The van der Waals surface area contributed by atoms with Crippen LogP contribution in [0, 0.1) is 0 Å². The zero-order valence-corrected chi connectivity index (χ0v) is 19.0. The van der Waals surface area contributed by atoms with Crippen molar-refractivity contribution in [3.05, 3.63) is 40.9 Å². The van der Waals surface area contributed by atoms with Gasteiger partial charge in [0, 0.05) is 69.8 Å². The molecule has 0 unspecified atom stereocenters. The molecule has 0 spiro atoms. The number of carbonyl (C=O) groups excluding carboxylic acids is 1. The Kier molecular flexibility index (Phi) is 7.15. The van der Waals surface area contributed by atoms with E-state index in [9.17, 15) is 4.79 Å². The van der Waals surface area contributed by atoms with Crippen LogP contribution >= 0.6 is 11.3 Å². The molecule has 0 saturated carbocycles. The molecule has 162 valence electrons. The van der Waals surface area contributed by atoms with Crippen molar-refractivity contribution in [1.82, 2.24) is 24.6 Å². The third kappa shape index (κ3) is 5.46. The minimum Gasteiger partial charge on any atom is -0.340 e. The van der Waals surface area contributed by atoms with Gasteiger partial charge in [0.15, 0.2) is 0 Å². The lowest BCUT2D eigenvalue weighted by molar-refractivity contribution is -0.132. The first-order valence-corrected chi connectivity index (χ1v) is 11.9. The van der Waals surface area contributed by atoms with Crippen molar-refractivity contribution >= 4 is 17.2 Å². The lowest BCUT2D eigenvalue weighted by atomic mass is 10.1. The fraction of sp³-hybridized carbons (Fsp3) is 0.565. The summed E-state index contributed by atoms with van der Waals surface area (Å²) in [4.78, 5) is 26.6. The minimum absolute atomic E-state index is 0.199. The SMILES string of the molecule is CCN1CCN(C(=O)Cc2csc(-c3ccc(CN4CCN(C)CC4)cc3)n2)CC1. The molecule has 0 radical (unpaired) electrons. The second-order valence-corrected chi connectivity index (χ2v) is 9.27. The summed E-state index contributed by atoms with van der Waals surface area (Å²) in [6, 6.07) is 8.76. The maximum Gasteiger partial charge on any atom is 0.228 e. The van der Waals surface area contributed by atoms with E-state index >= 15 is 0 Å². The van der Waals surface area contributed by atoms with Gasteiger partial charge < -0.3 is 14.7 Å². The van der Waals surface area contributed by atoms with E-state index < -0.39 is 0 Å². The van der Waals surface area contributed by atoms with Crippen LogP contribution in [-0.4, -0.2) is 96.4 Å². The Balaban J connectivity index is 1.30. The second kappa shape index (κ2) is 10.0. The van der Waals surface area contributed by atoms with Gasteiger partial charge in [-0.25, -0.2) is 4.98 Å². The lowest BCUT2D eigenvalue weighted by Crippen LogP contribution is -2.48. The fourth-order valence-corrected chi connectivity index (χ4v) is 4.94. The second-order valence-electron chi connectivity index (χ2n) is 8.41. The Morgan fingerprint density at radius 3 is 2.30 bits per heavy atom. The van der Waals surface area contributed by atoms with Gasteiger partial charge in [-0.05, 0) is 19.2 Å². The molecular formula is C23H33N5OS. The monoisotopic (exact) mass is 427 g/mol. The van der Waals surface area contributed by atoms with E-state index in [1.165, 1.54) is 5.56 Å². The number of nitrogens with zero attached hydrogens (tertiary/aromatic N) is 5. The highest BCUT2D eigenvalue weighted by Crippen LogP contribution is 2.25. The third-order valence-electron chi connectivity index (χ3n) is 6.26. The summed E-state index contributed by atoms with van der Waals surface area (Å²) in [7, 11) is 2.19. The first kappa shape index (κ1) is 21.4. The summed E-state index contributed by atoms with van der Waals surface area (Å²) < 4.78 is 0. The molecule has 1 aromatic heterocycles. The minimum atomic E-state index is 0.199. The first-order chi connectivity index (χ1) is 14.6. The number of thiazole rings is 1. The largest absolute Gasteiger partial charge is 0.340 e. The van der Waals surface area contributed by atoms with Crippen LogP contribution in [0.2, 0.25) is 0 Å². The van der Waals surface area contributed by atoms with Gasteiger partial charge in [0.2, 0.25) is 5.91 Å². The maximum absolute atomic E-state index is 12.6. The average molecular weight is 428 g/mol. The predicted octanol–water partition coefficient (Wildman–Crippen LogP) is 2.26. The zero-order valence-electron chi connectivity index (χ0n) is 18.2. The number of likely N-dealkylation sites (N-methyl/N-ethyl adjacent to an activating group) is 2. The van der Waals surface area contributed by atoms with Gasteiger partial charge in [0.05, 0.1) is 12.1 Å². The molecule has 2 saturated heterocycles. The zero-order chi connectivity index (χ0) is 20.9. The molecular weight excluding hydrogens is 394 g/mol. The van der Waals surface area contributed by atoms with E-state index in [1.807, 2.05) is 10.3 Å². The number of amides is 1. The smallest absolute Gasteiger partial charge is 0.228 e. The van der Waals surface area contributed by atoms with E-state index in [0.717, 1.165) is 81.7 Å². The molecule has 2 aromatic rings. The summed E-state index contributed by atoms with van der Waals surface area (Å²) in [5, 5.41) is 3.04. The molecule has 2 aliphatic heterocycles. The molecule has 1 aromatic carbocycles. The van der Waals surface area contributed by atoms with Crippen LogP contribution < -0.4 is 0 Å². The standard InChI is InChI=1S/C23H33N5OS/c1-3-26-12-14-28(15-13-26)22(29)16-21-18-30-23(24-21)20-6-4-19(5-7-20)17-27-10-8-25(2)9-11-27/h4-7,18H,3,8-17H2,1-2H3. The molecule has 2 fully saturated rings. The molecule has 30 heavy (non-hydrogen) atoms. The molecule has 4 rings (SSSR count). The fourth-order valence-electron chi connectivity index (χ4n) is 4.12. The Labute approximate surface area is 184 Å². The third-order valence-corrected chi connectivity index (χ3v) is 7.20. The Morgan fingerprint density at radius 2 is 1.63 bits per heavy atom. The van der Waals surface area contributed by atoms with Crippen molar-refractivity contribution in [1.29, 1.82) is 0 Å². The molecule has 0 aliphatic carbocycles. The lowest BCUT2D eigenvalue weighted by Gasteiger charge is -2.34. The van der Waals surface area contributed by atoms with Crippen molar-refractivity contribution in [2.75, 3.05) is 66.0 Å². The average Bonchev–Trinajstić information content (AvgIpc) is 3.24. The van der Waals surface area contributed by atoms with Crippen molar-refractivity contribution < 1.29 is 4.79 Å². The maximum atomic E-state index is 12.6. The van der Waals surface area contributed by atoms with Gasteiger partial charge in [-0.3, -0.25) is 9.69 Å². The van der Waals surface area contributed by atoms with Gasteiger partial charge in [0.1, 0.15) is 5.01 Å². The number of hydrogen-bond acceptors (Lipinski definition) is 6. The van der Waals surface area contributed by atoms with E-state index in [0.29, 0.717) is 6.42 Å². The summed E-state index contributed by atoms with van der Waals surface area (Å²) in [5.74, 6) is 0.199. The van der Waals surface area contributed by atoms with Gasteiger partial charge >= 0.3 is 0 Å².